The average molecular weight is 277 g/mol. The zero-order valence-electron chi connectivity index (χ0n) is 10.9. The Bertz CT molecular complexity index is 513. The Hall–Kier alpha value is -0.940. The molecular weight excluding hydrogens is 258 g/mol. The van der Waals surface area contributed by atoms with E-state index in [1.807, 2.05) is 11.3 Å². The Balaban J connectivity index is 1.57. The van der Waals surface area contributed by atoms with Gasteiger partial charge in [0.05, 0.1) is 5.60 Å². The summed E-state index contributed by atoms with van der Waals surface area (Å²) in [7, 11) is 0. The molecule has 1 aliphatic rings. The van der Waals surface area contributed by atoms with Gasteiger partial charge in [-0.2, -0.15) is 0 Å². The van der Waals surface area contributed by atoms with E-state index in [-0.39, 0.29) is 0 Å². The van der Waals surface area contributed by atoms with E-state index >= 15 is 0 Å². The smallest absolute Gasteiger partial charge is 0.0815 e. The number of hydrogen-bond donors (Lipinski definition) is 2. The van der Waals surface area contributed by atoms with Crippen LogP contribution in [0.25, 0.3) is 10.1 Å². The molecule has 1 aromatic heterocycles. The first kappa shape index (κ1) is 13.1. The molecule has 0 bridgehead atoms. The van der Waals surface area contributed by atoms with Crippen LogP contribution in [-0.4, -0.2) is 30.5 Å². The highest BCUT2D eigenvalue weighted by molar-refractivity contribution is 7.19. The lowest BCUT2D eigenvalue weighted by molar-refractivity contribution is -0.0616. The molecule has 2 N–H and O–H groups in total. The summed E-state index contributed by atoms with van der Waals surface area (Å²) in [4.78, 5) is 1.32. The predicted molar refractivity (Wildman–Crippen MR) is 78.5 cm³/mol. The topological polar surface area (TPSA) is 41.5 Å². The number of nitrogens with one attached hydrogen (secondary N) is 1. The second-order valence-electron chi connectivity index (χ2n) is 5.19. The average Bonchev–Trinajstić information content (AvgIpc) is 2.82. The second-order valence-corrected chi connectivity index (χ2v) is 6.36. The number of benzene rings is 1. The van der Waals surface area contributed by atoms with Gasteiger partial charge in [0.2, 0.25) is 0 Å². The normalized spacial score (nSPS) is 18.8. The molecule has 2 aromatic rings. The highest BCUT2D eigenvalue weighted by Crippen LogP contribution is 2.25. The number of aliphatic hydroxyl groups is 1. The van der Waals surface area contributed by atoms with Gasteiger partial charge in [0.1, 0.15) is 0 Å². The maximum absolute atomic E-state index is 10.3. The van der Waals surface area contributed by atoms with Gasteiger partial charge in [0, 0.05) is 48.7 Å². The number of fused-ring (bicyclic) bond motifs is 1. The maximum atomic E-state index is 10.3. The van der Waals surface area contributed by atoms with Gasteiger partial charge in [-0.15, -0.1) is 11.3 Å². The van der Waals surface area contributed by atoms with E-state index in [0.29, 0.717) is 19.8 Å². The van der Waals surface area contributed by atoms with Crippen LogP contribution in [0.1, 0.15) is 17.7 Å². The molecule has 0 radical (unpaired) electrons. The number of rotatable bonds is 4. The molecule has 2 heterocycles. The summed E-state index contributed by atoms with van der Waals surface area (Å²) in [6.07, 6.45) is 1.46. The van der Waals surface area contributed by atoms with Crippen LogP contribution >= 0.6 is 11.3 Å². The fourth-order valence-electron chi connectivity index (χ4n) is 2.47. The zero-order chi connectivity index (χ0) is 13.1. The van der Waals surface area contributed by atoms with Gasteiger partial charge in [0.15, 0.2) is 0 Å². The third-order valence-electron chi connectivity index (χ3n) is 3.65. The summed E-state index contributed by atoms with van der Waals surface area (Å²) in [6, 6.07) is 10.6. The van der Waals surface area contributed by atoms with E-state index in [4.69, 9.17) is 4.74 Å². The molecule has 3 rings (SSSR count). The largest absolute Gasteiger partial charge is 0.388 e. The molecular formula is C15H19NO2S. The second kappa shape index (κ2) is 5.59. The van der Waals surface area contributed by atoms with Gasteiger partial charge in [-0.05, 0) is 17.5 Å². The van der Waals surface area contributed by atoms with Crippen LogP contribution in [0.5, 0.6) is 0 Å². The van der Waals surface area contributed by atoms with E-state index in [0.717, 1.165) is 19.4 Å². The summed E-state index contributed by atoms with van der Waals surface area (Å²) in [5, 5.41) is 15.0. The molecule has 1 saturated heterocycles. The van der Waals surface area contributed by atoms with Gasteiger partial charge >= 0.3 is 0 Å². The molecule has 0 unspecified atom stereocenters. The minimum Gasteiger partial charge on any atom is -0.388 e. The molecule has 0 amide bonds. The monoisotopic (exact) mass is 277 g/mol. The number of ether oxygens (including phenoxy) is 1. The summed E-state index contributed by atoms with van der Waals surface area (Å²) in [6.45, 7) is 2.80. The van der Waals surface area contributed by atoms with E-state index in [1.165, 1.54) is 15.0 Å². The minimum absolute atomic E-state index is 0.588. The van der Waals surface area contributed by atoms with Crippen LogP contribution in [-0.2, 0) is 11.3 Å². The molecule has 0 saturated carbocycles. The van der Waals surface area contributed by atoms with Gasteiger partial charge in [0.25, 0.3) is 0 Å². The molecule has 0 spiro atoms. The van der Waals surface area contributed by atoms with Crippen LogP contribution in [0.4, 0.5) is 0 Å². The predicted octanol–water partition coefficient (Wildman–Crippen LogP) is 2.53. The first-order valence-electron chi connectivity index (χ1n) is 6.74. The lowest BCUT2D eigenvalue weighted by Gasteiger charge is -2.32. The van der Waals surface area contributed by atoms with Crippen LogP contribution in [0.15, 0.2) is 30.3 Å². The Morgan fingerprint density at radius 1 is 1.26 bits per heavy atom. The minimum atomic E-state index is -0.588. The Kier molecular flexibility index (Phi) is 3.84. The highest BCUT2D eigenvalue weighted by atomic mass is 32.1. The third kappa shape index (κ3) is 3.15. The Morgan fingerprint density at radius 3 is 2.84 bits per heavy atom. The van der Waals surface area contributed by atoms with Crippen molar-refractivity contribution >= 4 is 21.4 Å². The van der Waals surface area contributed by atoms with Crippen molar-refractivity contribution in [1.29, 1.82) is 0 Å². The maximum Gasteiger partial charge on any atom is 0.0815 e. The molecule has 19 heavy (non-hydrogen) atoms. The van der Waals surface area contributed by atoms with Crippen molar-refractivity contribution < 1.29 is 9.84 Å². The molecule has 4 heteroatoms. The molecule has 1 aliphatic heterocycles. The number of thiophene rings is 1. The van der Waals surface area contributed by atoms with E-state index in [9.17, 15) is 5.11 Å². The van der Waals surface area contributed by atoms with Crippen molar-refractivity contribution in [3.05, 3.63) is 35.2 Å². The quantitative estimate of drug-likeness (QED) is 0.902. The van der Waals surface area contributed by atoms with Gasteiger partial charge in [-0.3, -0.25) is 0 Å². The van der Waals surface area contributed by atoms with Crippen molar-refractivity contribution in [1.82, 2.24) is 5.32 Å². The lowest BCUT2D eigenvalue weighted by Crippen LogP contribution is -2.44. The first-order valence-corrected chi connectivity index (χ1v) is 7.55. The molecule has 1 fully saturated rings. The summed E-state index contributed by atoms with van der Waals surface area (Å²) in [5.41, 5.74) is -0.588. The highest BCUT2D eigenvalue weighted by Gasteiger charge is 2.29. The Labute approximate surface area is 117 Å². The van der Waals surface area contributed by atoms with E-state index in [1.54, 1.807) is 0 Å². The SMILES string of the molecule is OC1(CNCc2cc3ccccc3s2)CCOCC1. The Morgan fingerprint density at radius 2 is 2.05 bits per heavy atom. The zero-order valence-corrected chi connectivity index (χ0v) is 11.7. The fraction of sp³-hybridized carbons (Fsp3) is 0.467. The van der Waals surface area contributed by atoms with Crippen LogP contribution in [0.2, 0.25) is 0 Å². The lowest BCUT2D eigenvalue weighted by atomic mass is 9.94. The fourth-order valence-corrected chi connectivity index (χ4v) is 3.50. The molecule has 3 nitrogen and oxygen atoms in total. The van der Waals surface area contributed by atoms with Crippen LogP contribution in [0, 0.1) is 0 Å². The summed E-state index contributed by atoms with van der Waals surface area (Å²) >= 11 is 1.81. The van der Waals surface area contributed by atoms with Gasteiger partial charge in [-0.25, -0.2) is 0 Å². The first-order chi connectivity index (χ1) is 9.25. The van der Waals surface area contributed by atoms with Crippen LogP contribution in [0.3, 0.4) is 0 Å². The molecule has 0 atom stereocenters. The summed E-state index contributed by atoms with van der Waals surface area (Å²) < 4.78 is 6.61. The standard InChI is InChI=1S/C15H19NO2S/c17-15(5-7-18-8-6-15)11-16-10-13-9-12-3-1-2-4-14(12)19-13/h1-4,9,16-17H,5-8,10-11H2. The van der Waals surface area contributed by atoms with Crippen molar-refractivity contribution in [2.75, 3.05) is 19.8 Å². The van der Waals surface area contributed by atoms with Crippen molar-refractivity contribution in [3.8, 4) is 0 Å². The van der Waals surface area contributed by atoms with Gasteiger partial charge < -0.3 is 15.2 Å². The molecule has 102 valence electrons. The van der Waals surface area contributed by atoms with Crippen LogP contribution < -0.4 is 5.32 Å². The van der Waals surface area contributed by atoms with E-state index < -0.39 is 5.60 Å². The molecule has 1 aromatic carbocycles. The molecule has 0 aliphatic carbocycles. The van der Waals surface area contributed by atoms with Crippen molar-refractivity contribution in [3.63, 3.8) is 0 Å². The van der Waals surface area contributed by atoms with E-state index in [2.05, 4.69) is 35.6 Å². The van der Waals surface area contributed by atoms with Crippen molar-refractivity contribution in [2.45, 2.75) is 25.0 Å². The summed E-state index contributed by atoms with van der Waals surface area (Å²) in [5.74, 6) is 0. The third-order valence-corrected chi connectivity index (χ3v) is 4.77. The van der Waals surface area contributed by atoms with Gasteiger partial charge in [-0.1, -0.05) is 18.2 Å². The number of hydrogen-bond acceptors (Lipinski definition) is 4. The van der Waals surface area contributed by atoms with Crippen molar-refractivity contribution in [2.24, 2.45) is 0 Å².